The minimum Gasteiger partial charge on any atom is -0.380 e. The zero-order valence-corrected chi connectivity index (χ0v) is 9.80. The molecule has 2 rings (SSSR count). The first-order chi connectivity index (χ1) is 7.29. The van der Waals surface area contributed by atoms with Crippen molar-refractivity contribution in [2.45, 2.75) is 38.6 Å². The van der Waals surface area contributed by atoms with Gasteiger partial charge in [0.25, 0.3) is 0 Å². The van der Waals surface area contributed by atoms with E-state index < -0.39 is 0 Å². The molecule has 1 saturated carbocycles. The smallest absolute Gasteiger partial charge is 0.0718 e. The molecule has 2 unspecified atom stereocenters. The second-order valence-electron chi connectivity index (χ2n) is 4.28. The van der Waals surface area contributed by atoms with Crippen molar-refractivity contribution in [2.24, 2.45) is 5.92 Å². The number of nitrogens with zero attached hydrogens (tertiary/aromatic N) is 1. The molecule has 2 atom stereocenters. The Bertz CT molecular complexity index is 327. The molecule has 1 aliphatic carbocycles. The number of halogens is 1. The molecule has 1 fully saturated rings. The molecule has 2 nitrogen and oxygen atoms in total. The van der Waals surface area contributed by atoms with E-state index in [2.05, 4.69) is 17.2 Å². The molecule has 0 spiro atoms. The van der Waals surface area contributed by atoms with E-state index in [1.54, 1.807) is 6.20 Å². The molecule has 0 saturated heterocycles. The van der Waals surface area contributed by atoms with Crippen molar-refractivity contribution < 1.29 is 0 Å². The van der Waals surface area contributed by atoms with Gasteiger partial charge in [0, 0.05) is 12.2 Å². The maximum atomic E-state index is 6.07. The molecule has 1 aromatic rings. The summed E-state index contributed by atoms with van der Waals surface area (Å²) in [5.41, 5.74) is 0.973. The fourth-order valence-corrected chi connectivity index (χ4v) is 2.44. The average molecular weight is 225 g/mol. The summed E-state index contributed by atoms with van der Waals surface area (Å²) in [5, 5.41) is 4.25. The van der Waals surface area contributed by atoms with Crippen LogP contribution in [-0.2, 0) is 0 Å². The lowest BCUT2D eigenvalue weighted by Gasteiger charge is -2.14. The molecule has 1 aliphatic rings. The number of rotatable bonds is 3. The fraction of sp³-hybridized carbons (Fsp3) is 0.583. The quantitative estimate of drug-likeness (QED) is 0.847. The van der Waals surface area contributed by atoms with Gasteiger partial charge in [0.2, 0.25) is 0 Å². The summed E-state index contributed by atoms with van der Waals surface area (Å²) in [4.78, 5) is 4.08. The Kier molecular flexibility index (Phi) is 3.47. The van der Waals surface area contributed by atoms with E-state index in [1.807, 2.05) is 12.3 Å². The van der Waals surface area contributed by atoms with Crippen LogP contribution in [0.2, 0.25) is 5.02 Å². The van der Waals surface area contributed by atoms with Crippen molar-refractivity contribution >= 4 is 17.3 Å². The maximum absolute atomic E-state index is 6.07. The Morgan fingerprint density at radius 1 is 1.53 bits per heavy atom. The van der Waals surface area contributed by atoms with E-state index >= 15 is 0 Å². The van der Waals surface area contributed by atoms with E-state index in [-0.39, 0.29) is 0 Å². The molecule has 1 N–H and O–H groups in total. The first-order valence-corrected chi connectivity index (χ1v) is 6.03. The summed E-state index contributed by atoms with van der Waals surface area (Å²) in [6.45, 7) is 2.27. The Hall–Kier alpha value is -0.760. The molecule has 82 valence electrons. The van der Waals surface area contributed by atoms with Gasteiger partial charge in [-0.25, -0.2) is 0 Å². The van der Waals surface area contributed by atoms with E-state index in [0.717, 1.165) is 16.6 Å². The monoisotopic (exact) mass is 224 g/mol. The summed E-state index contributed by atoms with van der Waals surface area (Å²) in [6, 6.07) is 2.41. The number of hydrogen-bond acceptors (Lipinski definition) is 2. The lowest BCUT2D eigenvalue weighted by atomic mass is 10.1. The van der Waals surface area contributed by atoms with E-state index in [4.69, 9.17) is 11.6 Å². The van der Waals surface area contributed by atoms with Crippen LogP contribution in [0.3, 0.4) is 0 Å². The number of aromatic nitrogens is 1. The van der Waals surface area contributed by atoms with Crippen molar-refractivity contribution in [1.29, 1.82) is 0 Å². The SMILES string of the molecule is CCC1CCC(Nc2cnccc2Cl)C1. The van der Waals surface area contributed by atoms with Gasteiger partial charge < -0.3 is 5.32 Å². The Morgan fingerprint density at radius 3 is 3.07 bits per heavy atom. The predicted octanol–water partition coefficient (Wildman–Crippen LogP) is 3.73. The van der Waals surface area contributed by atoms with Crippen LogP contribution in [-0.4, -0.2) is 11.0 Å². The van der Waals surface area contributed by atoms with Crippen LogP contribution in [0, 0.1) is 5.92 Å². The highest BCUT2D eigenvalue weighted by Gasteiger charge is 2.23. The lowest BCUT2D eigenvalue weighted by molar-refractivity contribution is 0.525. The summed E-state index contributed by atoms with van der Waals surface area (Å²) < 4.78 is 0. The highest BCUT2D eigenvalue weighted by atomic mass is 35.5. The fourth-order valence-electron chi connectivity index (χ4n) is 2.28. The molecule has 15 heavy (non-hydrogen) atoms. The average Bonchev–Trinajstić information content (AvgIpc) is 2.69. The Balaban J connectivity index is 1.96. The van der Waals surface area contributed by atoms with Crippen molar-refractivity contribution in [3.63, 3.8) is 0 Å². The predicted molar refractivity (Wildman–Crippen MR) is 64.3 cm³/mol. The molecule has 0 amide bonds. The lowest BCUT2D eigenvalue weighted by Crippen LogP contribution is -2.15. The maximum Gasteiger partial charge on any atom is 0.0718 e. The third-order valence-corrected chi connectivity index (χ3v) is 3.58. The molecule has 0 aromatic carbocycles. The molecule has 0 radical (unpaired) electrons. The minimum absolute atomic E-state index is 0.580. The first-order valence-electron chi connectivity index (χ1n) is 5.65. The van der Waals surface area contributed by atoms with Crippen molar-refractivity contribution in [3.05, 3.63) is 23.5 Å². The molecule has 0 aliphatic heterocycles. The van der Waals surface area contributed by atoms with Crippen molar-refractivity contribution in [2.75, 3.05) is 5.32 Å². The number of anilines is 1. The zero-order valence-electron chi connectivity index (χ0n) is 9.04. The van der Waals surface area contributed by atoms with Gasteiger partial charge in [-0.05, 0) is 31.2 Å². The van der Waals surface area contributed by atoms with Gasteiger partial charge in [-0.15, -0.1) is 0 Å². The molecule has 1 aromatic heterocycles. The second kappa shape index (κ2) is 4.84. The van der Waals surface area contributed by atoms with E-state index in [9.17, 15) is 0 Å². The highest BCUT2D eigenvalue weighted by molar-refractivity contribution is 6.33. The van der Waals surface area contributed by atoms with Crippen molar-refractivity contribution in [1.82, 2.24) is 4.98 Å². The van der Waals surface area contributed by atoms with Gasteiger partial charge in [0.15, 0.2) is 0 Å². The highest BCUT2D eigenvalue weighted by Crippen LogP contribution is 2.31. The van der Waals surface area contributed by atoms with Gasteiger partial charge in [-0.3, -0.25) is 4.98 Å². The van der Waals surface area contributed by atoms with Crippen LogP contribution < -0.4 is 5.32 Å². The number of hydrogen-bond donors (Lipinski definition) is 1. The summed E-state index contributed by atoms with van der Waals surface area (Å²) in [5.74, 6) is 0.887. The number of pyridine rings is 1. The zero-order chi connectivity index (χ0) is 10.7. The van der Waals surface area contributed by atoms with E-state index in [0.29, 0.717) is 6.04 Å². The summed E-state index contributed by atoms with van der Waals surface area (Å²) in [7, 11) is 0. The summed E-state index contributed by atoms with van der Waals surface area (Å²) in [6.07, 6.45) is 8.68. The third-order valence-electron chi connectivity index (χ3n) is 3.25. The topological polar surface area (TPSA) is 24.9 Å². The van der Waals surface area contributed by atoms with Crippen LogP contribution in [0.15, 0.2) is 18.5 Å². The first kappa shape index (κ1) is 10.7. The molecule has 1 heterocycles. The summed E-state index contributed by atoms with van der Waals surface area (Å²) >= 11 is 6.07. The normalized spacial score (nSPS) is 25.5. The molecular weight excluding hydrogens is 208 g/mol. The van der Waals surface area contributed by atoms with Crippen LogP contribution in [0.25, 0.3) is 0 Å². The Morgan fingerprint density at radius 2 is 2.40 bits per heavy atom. The third kappa shape index (κ3) is 2.63. The van der Waals surface area contributed by atoms with E-state index in [1.165, 1.54) is 25.7 Å². The molecule has 3 heteroatoms. The number of nitrogens with one attached hydrogen (secondary N) is 1. The van der Waals surface area contributed by atoms with Gasteiger partial charge >= 0.3 is 0 Å². The minimum atomic E-state index is 0.580. The van der Waals surface area contributed by atoms with Crippen LogP contribution in [0.5, 0.6) is 0 Å². The van der Waals surface area contributed by atoms with Crippen LogP contribution in [0.1, 0.15) is 32.6 Å². The Labute approximate surface area is 96.1 Å². The molecular formula is C12H17ClN2. The standard InChI is InChI=1S/C12H17ClN2/c1-2-9-3-4-10(7-9)15-12-8-14-6-5-11(12)13/h5-6,8-10,15H,2-4,7H2,1H3. The largest absolute Gasteiger partial charge is 0.380 e. The van der Waals surface area contributed by atoms with Gasteiger partial charge in [-0.2, -0.15) is 0 Å². The van der Waals surface area contributed by atoms with Gasteiger partial charge in [-0.1, -0.05) is 24.9 Å². The van der Waals surface area contributed by atoms with Crippen LogP contribution in [0.4, 0.5) is 5.69 Å². The van der Waals surface area contributed by atoms with Gasteiger partial charge in [0.05, 0.1) is 16.9 Å². The second-order valence-corrected chi connectivity index (χ2v) is 4.69. The van der Waals surface area contributed by atoms with Gasteiger partial charge in [0.1, 0.15) is 0 Å². The molecule has 0 bridgehead atoms. The van der Waals surface area contributed by atoms with Crippen LogP contribution >= 0.6 is 11.6 Å². The van der Waals surface area contributed by atoms with Crippen molar-refractivity contribution in [3.8, 4) is 0 Å².